The number of hydrogen-bond donors (Lipinski definition) is 1. The van der Waals surface area contributed by atoms with Crippen LogP contribution in [0.15, 0.2) is 47.3 Å². The standard InChI is InChI=1S/C21H23N3O3/c1-26-18-11-15-16(12-19(18)27-2)22-20(23-21(15)25)13-24-10-6-9-17(24)14-7-4-3-5-8-14/h3-5,7-8,11-12,17H,6,9-10,13H2,1-2H3,(H,22,23,25)/t17-/m1/s1. The topological polar surface area (TPSA) is 67.5 Å². The van der Waals surface area contributed by atoms with Crippen molar-refractivity contribution in [3.05, 3.63) is 64.2 Å². The van der Waals surface area contributed by atoms with Crippen molar-refractivity contribution >= 4 is 10.9 Å². The van der Waals surface area contributed by atoms with Gasteiger partial charge in [-0.1, -0.05) is 30.3 Å². The minimum Gasteiger partial charge on any atom is -0.493 e. The summed E-state index contributed by atoms with van der Waals surface area (Å²) in [4.78, 5) is 22.6. The molecule has 3 aromatic rings. The van der Waals surface area contributed by atoms with Gasteiger partial charge < -0.3 is 14.5 Å². The third-order valence-electron chi connectivity index (χ3n) is 5.16. The maximum atomic E-state index is 12.6. The summed E-state index contributed by atoms with van der Waals surface area (Å²) in [6, 6.07) is 14.3. The van der Waals surface area contributed by atoms with Gasteiger partial charge in [-0.15, -0.1) is 0 Å². The summed E-state index contributed by atoms with van der Waals surface area (Å²) in [6.45, 7) is 1.60. The summed E-state index contributed by atoms with van der Waals surface area (Å²) in [7, 11) is 3.13. The van der Waals surface area contributed by atoms with Gasteiger partial charge in [0.25, 0.3) is 5.56 Å². The molecule has 0 unspecified atom stereocenters. The Morgan fingerprint density at radius 2 is 1.89 bits per heavy atom. The Morgan fingerprint density at radius 1 is 1.15 bits per heavy atom. The number of nitrogens with one attached hydrogen (secondary N) is 1. The molecule has 27 heavy (non-hydrogen) atoms. The van der Waals surface area contributed by atoms with E-state index < -0.39 is 0 Å². The van der Waals surface area contributed by atoms with Crippen molar-refractivity contribution in [1.82, 2.24) is 14.9 Å². The zero-order valence-electron chi connectivity index (χ0n) is 15.6. The summed E-state index contributed by atoms with van der Waals surface area (Å²) in [5, 5.41) is 0.498. The molecule has 1 aliphatic heterocycles. The Bertz CT molecular complexity index is 1000. The fraction of sp³-hybridized carbons (Fsp3) is 0.333. The van der Waals surface area contributed by atoms with Gasteiger partial charge in [-0.25, -0.2) is 4.98 Å². The zero-order valence-corrected chi connectivity index (χ0v) is 15.6. The Balaban J connectivity index is 1.67. The summed E-state index contributed by atoms with van der Waals surface area (Å²) in [5.74, 6) is 1.76. The molecule has 1 aliphatic rings. The van der Waals surface area contributed by atoms with Gasteiger partial charge in [0, 0.05) is 12.1 Å². The zero-order chi connectivity index (χ0) is 18.8. The molecule has 2 aromatic carbocycles. The lowest BCUT2D eigenvalue weighted by Crippen LogP contribution is -2.25. The molecular weight excluding hydrogens is 342 g/mol. The van der Waals surface area contributed by atoms with Crippen molar-refractivity contribution in [2.75, 3.05) is 20.8 Å². The first-order valence-electron chi connectivity index (χ1n) is 9.13. The highest BCUT2D eigenvalue weighted by atomic mass is 16.5. The van der Waals surface area contributed by atoms with Gasteiger partial charge in [0.1, 0.15) is 5.82 Å². The Morgan fingerprint density at radius 3 is 2.63 bits per heavy atom. The second-order valence-corrected chi connectivity index (χ2v) is 6.78. The number of methoxy groups -OCH3 is 2. The minimum absolute atomic E-state index is 0.161. The van der Waals surface area contributed by atoms with Crippen LogP contribution in [-0.2, 0) is 6.54 Å². The summed E-state index contributed by atoms with van der Waals surface area (Å²) in [6.07, 6.45) is 2.26. The molecule has 1 aromatic heterocycles. The molecule has 140 valence electrons. The number of aromatic amines is 1. The fourth-order valence-corrected chi connectivity index (χ4v) is 3.85. The molecule has 0 radical (unpaired) electrons. The molecule has 0 spiro atoms. The lowest BCUT2D eigenvalue weighted by molar-refractivity contribution is 0.242. The maximum Gasteiger partial charge on any atom is 0.258 e. The molecule has 0 aliphatic carbocycles. The van der Waals surface area contributed by atoms with E-state index in [1.165, 1.54) is 5.56 Å². The van der Waals surface area contributed by atoms with Gasteiger partial charge in [0.15, 0.2) is 11.5 Å². The molecule has 6 heteroatoms. The molecule has 6 nitrogen and oxygen atoms in total. The van der Waals surface area contributed by atoms with E-state index in [4.69, 9.17) is 9.47 Å². The molecule has 1 N–H and O–H groups in total. The van der Waals surface area contributed by atoms with Gasteiger partial charge >= 0.3 is 0 Å². The van der Waals surface area contributed by atoms with Crippen molar-refractivity contribution in [3.8, 4) is 11.5 Å². The number of ether oxygens (including phenoxy) is 2. The number of benzene rings is 2. The van der Waals surface area contributed by atoms with Crippen LogP contribution in [0.25, 0.3) is 10.9 Å². The number of nitrogens with zero attached hydrogens (tertiary/aromatic N) is 2. The predicted octanol–water partition coefficient (Wildman–Crippen LogP) is 3.28. The van der Waals surface area contributed by atoms with E-state index in [1.807, 2.05) is 6.07 Å². The number of likely N-dealkylation sites (tertiary alicyclic amines) is 1. The Hall–Kier alpha value is -2.86. The van der Waals surface area contributed by atoms with E-state index >= 15 is 0 Å². The fourth-order valence-electron chi connectivity index (χ4n) is 3.85. The van der Waals surface area contributed by atoms with Crippen molar-refractivity contribution < 1.29 is 9.47 Å². The van der Waals surface area contributed by atoms with E-state index in [9.17, 15) is 4.79 Å². The van der Waals surface area contributed by atoms with Crippen LogP contribution >= 0.6 is 0 Å². The number of H-pyrrole nitrogens is 1. The first-order valence-corrected chi connectivity index (χ1v) is 9.13. The smallest absolute Gasteiger partial charge is 0.258 e. The van der Waals surface area contributed by atoms with E-state index in [2.05, 4.69) is 39.1 Å². The van der Waals surface area contributed by atoms with Crippen molar-refractivity contribution in [3.63, 3.8) is 0 Å². The highest BCUT2D eigenvalue weighted by Gasteiger charge is 2.26. The monoisotopic (exact) mass is 365 g/mol. The second-order valence-electron chi connectivity index (χ2n) is 6.78. The predicted molar refractivity (Wildman–Crippen MR) is 104 cm³/mol. The highest BCUT2D eigenvalue weighted by molar-refractivity contribution is 5.81. The van der Waals surface area contributed by atoms with E-state index in [0.717, 1.165) is 19.4 Å². The third-order valence-corrected chi connectivity index (χ3v) is 5.16. The van der Waals surface area contributed by atoms with Crippen molar-refractivity contribution in [2.45, 2.75) is 25.4 Å². The summed E-state index contributed by atoms with van der Waals surface area (Å²) >= 11 is 0. The van der Waals surface area contributed by atoms with Crippen LogP contribution in [-0.4, -0.2) is 35.6 Å². The maximum absolute atomic E-state index is 12.6. The largest absolute Gasteiger partial charge is 0.493 e. The molecule has 1 atom stereocenters. The molecule has 0 saturated carbocycles. The van der Waals surface area contributed by atoms with E-state index in [-0.39, 0.29) is 5.56 Å². The normalized spacial score (nSPS) is 17.3. The van der Waals surface area contributed by atoms with Gasteiger partial charge in [-0.3, -0.25) is 9.69 Å². The van der Waals surface area contributed by atoms with Crippen molar-refractivity contribution in [2.24, 2.45) is 0 Å². The van der Waals surface area contributed by atoms with Crippen LogP contribution in [0, 0.1) is 0 Å². The average Bonchev–Trinajstić information content (AvgIpc) is 3.15. The third kappa shape index (κ3) is 3.40. The Labute approximate surface area is 157 Å². The van der Waals surface area contributed by atoms with Gasteiger partial charge in [-0.2, -0.15) is 0 Å². The average molecular weight is 365 g/mol. The van der Waals surface area contributed by atoms with Crippen LogP contribution in [0.5, 0.6) is 11.5 Å². The lowest BCUT2D eigenvalue weighted by atomic mass is 10.0. The molecule has 2 heterocycles. The summed E-state index contributed by atoms with van der Waals surface area (Å²) < 4.78 is 10.6. The van der Waals surface area contributed by atoms with Crippen LogP contribution in [0.1, 0.15) is 30.3 Å². The number of fused-ring (bicyclic) bond motifs is 1. The lowest BCUT2D eigenvalue weighted by Gasteiger charge is -2.24. The van der Waals surface area contributed by atoms with Crippen LogP contribution < -0.4 is 15.0 Å². The second kappa shape index (κ2) is 7.40. The number of rotatable bonds is 5. The molecular formula is C21H23N3O3. The molecule has 4 rings (SSSR count). The summed E-state index contributed by atoms with van der Waals surface area (Å²) in [5.41, 5.74) is 1.76. The SMILES string of the molecule is COc1cc2nc(CN3CCC[C@@H]3c3ccccc3)[nH]c(=O)c2cc1OC. The number of aromatic nitrogens is 2. The molecule has 0 bridgehead atoms. The first kappa shape index (κ1) is 17.5. The van der Waals surface area contributed by atoms with Gasteiger partial charge in [-0.05, 0) is 31.0 Å². The minimum atomic E-state index is -0.161. The van der Waals surface area contributed by atoms with Crippen LogP contribution in [0.2, 0.25) is 0 Å². The van der Waals surface area contributed by atoms with Crippen LogP contribution in [0.4, 0.5) is 0 Å². The highest BCUT2D eigenvalue weighted by Crippen LogP contribution is 2.33. The molecule has 1 saturated heterocycles. The molecule has 1 fully saturated rings. The van der Waals surface area contributed by atoms with Crippen molar-refractivity contribution in [1.29, 1.82) is 0 Å². The quantitative estimate of drug-likeness (QED) is 0.752. The Kier molecular flexibility index (Phi) is 4.81. The van der Waals surface area contributed by atoms with Gasteiger partial charge in [0.05, 0.1) is 31.7 Å². The first-order chi connectivity index (χ1) is 13.2. The number of hydrogen-bond acceptors (Lipinski definition) is 5. The van der Waals surface area contributed by atoms with E-state index in [0.29, 0.717) is 40.8 Å². The van der Waals surface area contributed by atoms with Gasteiger partial charge in [0.2, 0.25) is 0 Å². The van der Waals surface area contributed by atoms with Crippen LogP contribution in [0.3, 0.4) is 0 Å². The molecule has 0 amide bonds. The van der Waals surface area contributed by atoms with E-state index in [1.54, 1.807) is 26.4 Å².